The fourth-order valence-electron chi connectivity index (χ4n) is 2.78. The minimum Gasteiger partial charge on any atom is -0.393 e. The molecule has 1 aromatic carbocycles. The zero-order valence-electron chi connectivity index (χ0n) is 12.0. The molecule has 2 unspecified atom stereocenters. The third kappa shape index (κ3) is 3.43. The maximum Gasteiger partial charge on any atom is 0.177 e. The number of benzene rings is 1. The minimum atomic E-state index is -0.215. The summed E-state index contributed by atoms with van der Waals surface area (Å²) in [6.07, 6.45) is 0.550. The highest BCUT2D eigenvalue weighted by atomic mass is 16.3. The molecule has 0 radical (unpaired) electrons. The number of piperidine rings is 1. The number of aryl methyl sites for hydroxylation is 2. The van der Waals surface area contributed by atoms with E-state index in [1.165, 1.54) is 5.56 Å². The number of carbonyl (C=O) groups is 1. The molecule has 0 aromatic heterocycles. The van der Waals surface area contributed by atoms with Crippen LogP contribution >= 0.6 is 0 Å². The molecule has 104 valence electrons. The van der Waals surface area contributed by atoms with Crippen LogP contribution in [0.15, 0.2) is 18.2 Å². The van der Waals surface area contributed by atoms with Crippen molar-refractivity contribution >= 4 is 5.78 Å². The van der Waals surface area contributed by atoms with Gasteiger partial charge in [0, 0.05) is 18.7 Å². The zero-order valence-corrected chi connectivity index (χ0v) is 12.0. The Labute approximate surface area is 115 Å². The number of hydrogen-bond acceptors (Lipinski definition) is 3. The molecule has 2 rings (SSSR count). The number of likely N-dealkylation sites (tertiary alicyclic amines) is 1. The number of hydrogen-bond donors (Lipinski definition) is 1. The Morgan fingerprint density at radius 1 is 1.42 bits per heavy atom. The van der Waals surface area contributed by atoms with Gasteiger partial charge in [-0.1, -0.05) is 30.7 Å². The van der Waals surface area contributed by atoms with Crippen molar-refractivity contribution in [2.24, 2.45) is 5.92 Å². The number of rotatable bonds is 3. The van der Waals surface area contributed by atoms with Crippen LogP contribution in [0.3, 0.4) is 0 Å². The van der Waals surface area contributed by atoms with E-state index in [9.17, 15) is 9.90 Å². The van der Waals surface area contributed by atoms with Crippen LogP contribution in [0, 0.1) is 19.8 Å². The van der Waals surface area contributed by atoms with Gasteiger partial charge in [0.1, 0.15) is 0 Å². The second-order valence-corrected chi connectivity index (χ2v) is 5.81. The first-order chi connectivity index (χ1) is 8.97. The van der Waals surface area contributed by atoms with Crippen LogP contribution in [0.4, 0.5) is 0 Å². The van der Waals surface area contributed by atoms with E-state index < -0.39 is 0 Å². The number of aliphatic hydroxyl groups is 1. The first kappa shape index (κ1) is 14.2. The quantitative estimate of drug-likeness (QED) is 0.848. The summed E-state index contributed by atoms with van der Waals surface area (Å²) in [6.45, 7) is 8.14. The highest BCUT2D eigenvalue weighted by molar-refractivity contribution is 5.98. The van der Waals surface area contributed by atoms with Crippen LogP contribution in [0.5, 0.6) is 0 Å². The fourth-order valence-corrected chi connectivity index (χ4v) is 2.78. The summed E-state index contributed by atoms with van der Waals surface area (Å²) in [5.74, 6) is 0.432. The Balaban J connectivity index is 2.01. The first-order valence-electron chi connectivity index (χ1n) is 6.98. The molecule has 1 fully saturated rings. The molecule has 19 heavy (non-hydrogen) atoms. The summed E-state index contributed by atoms with van der Waals surface area (Å²) < 4.78 is 0. The van der Waals surface area contributed by atoms with Gasteiger partial charge >= 0.3 is 0 Å². The predicted molar refractivity (Wildman–Crippen MR) is 76.5 cm³/mol. The van der Waals surface area contributed by atoms with E-state index in [-0.39, 0.29) is 17.8 Å². The van der Waals surface area contributed by atoms with Crippen molar-refractivity contribution in [1.29, 1.82) is 0 Å². The van der Waals surface area contributed by atoms with E-state index in [1.807, 2.05) is 32.9 Å². The fraction of sp³-hybridized carbons (Fsp3) is 0.562. The molecule has 1 aliphatic rings. The topological polar surface area (TPSA) is 40.5 Å². The molecule has 3 nitrogen and oxygen atoms in total. The standard InChI is InChI=1S/C16H23NO2/c1-11-4-5-14(12(2)8-11)16(19)10-17-7-6-15(18)13(3)9-17/h4-5,8,13,15,18H,6-7,9-10H2,1-3H3. The smallest absolute Gasteiger partial charge is 0.177 e. The van der Waals surface area contributed by atoms with Gasteiger partial charge in [0.15, 0.2) is 5.78 Å². The van der Waals surface area contributed by atoms with E-state index in [0.29, 0.717) is 6.54 Å². The summed E-state index contributed by atoms with van der Waals surface area (Å²) in [5, 5.41) is 9.71. The number of Topliss-reactive ketones (excluding diaryl/α,β-unsaturated/α-hetero) is 1. The molecular weight excluding hydrogens is 238 g/mol. The SMILES string of the molecule is Cc1ccc(C(=O)CN2CCC(O)C(C)C2)c(C)c1. The highest BCUT2D eigenvalue weighted by Gasteiger charge is 2.25. The lowest BCUT2D eigenvalue weighted by Gasteiger charge is -2.33. The largest absolute Gasteiger partial charge is 0.393 e. The van der Waals surface area contributed by atoms with E-state index >= 15 is 0 Å². The van der Waals surface area contributed by atoms with Gasteiger partial charge in [-0.15, -0.1) is 0 Å². The second-order valence-electron chi connectivity index (χ2n) is 5.81. The van der Waals surface area contributed by atoms with E-state index in [0.717, 1.165) is 30.6 Å². The molecule has 1 saturated heterocycles. The van der Waals surface area contributed by atoms with Crippen LogP contribution in [0.1, 0.15) is 34.8 Å². The van der Waals surface area contributed by atoms with Gasteiger partial charge < -0.3 is 5.11 Å². The summed E-state index contributed by atoms with van der Waals surface area (Å²) in [5.41, 5.74) is 3.06. The molecular formula is C16H23NO2. The molecule has 1 heterocycles. The third-order valence-electron chi connectivity index (χ3n) is 3.99. The minimum absolute atomic E-state index is 0.182. The van der Waals surface area contributed by atoms with E-state index in [2.05, 4.69) is 11.0 Å². The van der Waals surface area contributed by atoms with Crippen molar-refractivity contribution in [1.82, 2.24) is 4.90 Å². The van der Waals surface area contributed by atoms with Crippen molar-refractivity contribution in [2.45, 2.75) is 33.3 Å². The summed E-state index contributed by atoms with van der Waals surface area (Å²) in [4.78, 5) is 14.5. The zero-order chi connectivity index (χ0) is 14.0. The number of ketones is 1. The maximum absolute atomic E-state index is 12.3. The number of nitrogens with zero attached hydrogens (tertiary/aromatic N) is 1. The average Bonchev–Trinajstić information content (AvgIpc) is 2.33. The highest BCUT2D eigenvalue weighted by Crippen LogP contribution is 2.18. The van der Waals surface area contributed by atoms with Crippen LogP contribution in [0.25, 0.3) is 0 Å². The normalized spacial score (nSPS) is 24.4. The molecule has 0 aliphatic carbocycles. The summed E-state index contributed by atoms with van der Waals surface area (Å²) >= 11 is 0. The molecule has 1 N–H and O–H groups in total. The van der Waals surface area contributed by atoms with Crippen molar-refractivity contribution < 1.29 is 9.90 Å². The molecule has 3 heteroatoms. The van der Waals surface area contributed by atoms with Crippen molar-refractivity contribution in [2.75, 3.05) is 19.6 Å². The Bertz CT molecular complexity index is 470. The van der Waals surface area contributed by atoms with Gasteiger partial charge in [0.2, 0.25) is 0 Å². The van der Waals surface area contributed by atoms with Gasteiger partial charge in [-0.05, 0) is 31.7 Å². The molecule has 0 spiro atoms. The van der Waals surface area contributed by atoms with Gasteiger partial charge in [-0.2, -0.15) is 0 Å². The Morgan fingerprint density at radius 3 is 2.79 bits per heavy atom. The summed E-state index contributed by atoms with van der Waals surface area (Å²) in [6, 6.07) is 5.97. The molecule has 0 saturated carbocycles. The van der Waals surface area contributed by atoms with Crippen LogP contribution in [-0.4, -0.2) is 41.5 Å². The van der Waals surface area contributed by atoms with Crippen molar-refractivity contribution in [3.8, 4) is 0 Å². The Kier molecular flexibility index (Phi) is 4.38. The number of carbonyl (C=O) groups excluding carboxylic acids is 1. The first-order valence-corrected chi connectivity index (χ1v) is 6.98. The molecule has 1 aromatic rings. The third-order valence-corrected chi connectivity index (χ3v) is 3.99. The Hall–Kier alpha value is -1.19. The van der Waals surface area contributed by atoms with Crippen LogP contribution in [-0.2, 0) is 0 Å². The van der Waals surface area contributed by atoms with Crippen molar-refractivity contribution in [3.63, 3.8) is 0 Å². The van der Waals surface area contributed by atoms with Gasteiger partial charge in [0.05, 0.1) is 12.6 Å². The van der Waals surface area contributed by atoms with Gasteiger partial charge in [-0.25, -0.2) is 0 Å². The predicted octanol–water partition coefficient (Wildman–Crippen LogP) is 2.19. The van der Waals surface area contributed by atoms with Gasteiger partial charge in [-0.3, -0.25) is 9.69 Å². The Morgan fingerprint density at radius 2 is 2.16 bits per heavy atom. The molecule has 1 aliphatic heterocycles. The lowest BCUT2D eigenvalue weighted by Crippen LogP contribution is -2.44. The van der Waals surface area contributed by atoms with Crippen LogP contribution in [0.2, 0.25) is 0 Å². The van der Waals surface area contributed by atoms with E-state index in [1.54, 1.807) is 0 Å². The van der Waals surface area contributed by atoms with Gasteiger partial charge in [0.25, 0.3) is 0 Å². The summed E-state index contributed by atoms with van der Waals surface area (Å²) in [7, 11) is 0. The van der Waals surface area contributed by atoms with Crippen molar-refractivity contribution in [3.05, 3.63) is 34.9 Å². The monoisotopic (exact) mass is 261 g/mol. The second kappa shape index (κ2) is 5.85. The average molecular weight is 261 g/mol. The molecule has 2 atom stereocenters. The lowest BCUT2D eigenvalue weighted by atomic mass is 9.95. The van der Waals surface area contributed by atoms with Crippen LogP contribution < -0.4 is 0 Å². The van der Waals surface area contributed by atoms with E-state index in [4.69, 9.17) is 0 Å². The molecule has 0 bridgehead atoms. The molecule has 0 amide bonds. The number of aliphatic hydroxyl groups excluding tert-OH is 1. The lowest BCUT2D eigenvalue weighted by molar-refractivity contribution is 0.0344. The maximum atomic E-state index is 12.3.